The van der Waals surface area contributed by atoms with Crippen molar-refractivity contribution in [1.82, 2.24) is 10.6 Å². The molecular weight excluding hydrogens is 311 g/mol. The molecule has 0 saturated carbocycles. The van der Waals surface area contributed by atoms with Gasteiger partial charge in [-0.1, -0.05) is 24.3 Å². The summed E-state index contributed by atoms with van der Waals surface area (Å²) in [7, 11) is 1.57. The monoisotopic (exact) mass is 332 g/mol. The minimum atomic E-state index is -0.810. The second kappa shape index (κ2) is 8.31. The van der Waals surface area contributed by atoms with E-state index < -0.39 is 12.1 Å². The number of carbonyl (C=O) groups excluding carboxylic acids is 1. The number of ether oxygens (including phenoxy) is 1. The van der Waals surface area contributed by atoms with Crippen LogP contribution in [0.1, 0.15) is 22.8 Å². The molecule has 0 aliphatic rings. The highest BCUT2D eigenvalue weighted by Crippen LogP contribution is 2.16. The maximum atomic E-state index is 13.2. The Labute approximate surface area is 140 Å². The summed E-state index contributed by atoms with van der Waals surface area (Å²) >= 11 is 0. The third-order valence-corrected chi connectivity index (χ3v) is 3.63. The molecule has 0 heterocycles. The molecule has 0 fully saturated rings. The molecule has 0 aliphatic heterocycles. The number of benzene rings is 2. The average Bonchev–Trinajstić information content (AvgIpc) is 2.60. The fourth-order valence-corrected chi connectivity index (χ4v) is 2.19. The molecule has 0 spiro atoms. The van der Waals surface area contributed by atoms with E-state index in [1.807, 2.05) is 0 Å². The van der Waals surface area contributed by atoms with Gasteiger partial charge in [-0.3, -0.25) is 0 Å². The van der Waals surface area contributed by atoms with Gasteiger partial charge in [-0.2, -0.15) is 0 Å². The molecule has 0 radical (unpaired) electrons. The Kier molecular flexibility index (Phi) is 6.14. The first-order valence-electron chi connectivity index (χ1n) is 7.58. The first-order valence-corrected chi connectivity index (χ1v) is 7.58. The van der Waals surface area contributed by atoms with Crippen molar-refractivity contribution < 1.29 is 19.0 Å². The second-order valence-electron chi connectivity index (χ2n) is 5.44. The molecule has 0 aromatic heterocycles. The molecule has 2 aromatic rings. The third-order valence-electron chi connectivity index (χ3n) is 3.63. The van der Waals surface area contributed by atoms with Crippen molar-refractivity contribution >= 4 is 6.03 Å². The van der Waals surface area contributed by atoms with E-state index in [0.29, 0.717) is 16.9 Å². The molecule has 1 unspecified atom stereocenters. The number of aliphatic hydroxyl groups is 1. The van der Waals surface area contributed by atoms with Crippen molar-refractivity contribution in [3.05, 3.63) is 65.0 Å². The van der Waals surface area contributed by atoms with Gasteiger partial charge in [-0.25, -0.2) is 9.18 Å². The summed E-state index contributed by atoms with van der Waals surface area (Å²) in [6.07, 6.45) is -0.810. The van der Waals surface area contributed by atoms with Crippen LogP contribution >= 0.6 is 0 Å². The lowest BCUT2D eigenvalue weighted by atomic mass is 10.1. The van der Waals surface area contributed by atoms with Crippen molar-refractivity contribution in [2.75, 3.05) is 13.7 Å². The van der Waals surface area contributed by atoms with Gasteiger partial charge in [0.05, 0.1) is 13.2 Å². The Bertz CT molecular complexity index is 689. The SMILES string of the molecule is COc1ccc(C(O)CNC(=O)NCc2ccc(F)c(C)c2)cc1. The fourth-order valence-electron chi connectivity index (χ4n) is 2.19. The molecule has 6 heteroatoms. The maximum Gasteiger partial charge on any atom is 0.315 e. The number of urea groups is 1. The first kappa shape index (κ1) is 17.7. The van der Waals surface area contributed by atoms with E-state index in [0.717, 1.165) is 5.56 Å². The Morgan fingerprint density at radius 3 is 2.54 bits per heavy atom. The van der Waals surface area contributed by atoms with Gasteiger partial charge in [0.1, 0.15) is 11.6 Å². The van der Waals surface area contributed by atoms with E-state index in [-0.39, 0.29) is 18.9 Å². The van der Waals surface area contributed by atoms with E-state index in [9.17, 15) is 14.3 Å². The van der Waals surface area contributed by atoms with Crippen LogP contribution in [0.15, 0.2) is 42.5 Å². The molecule has 2 rings (SSSR count). The molecule has 3 N–H and O–H groups in total. The fraction of sp³-hybridized carbons (Fsp3) is 0.278. The molecule has 24 heavy (non-hydrogen) atoms. The van der Waals surface area contributed by atoms with E-state index in [4.69, 9.17) is 4.74 Å². The summed E-state index contributed by atoms with van der Waals surface area (Å²) in [5.41, 5.74) is 2.02. The van der Waals surface area contributed by atoms with Crippen molar-refractivity contribution in [2.45, 2.75) is 19.6 Å². The number of nitrogens with one attached hydrogen (secondary N) is 2. The molecule has 2 amide bonds. The highest BCUT2D eigenvalue weighted by Gasteiger charge is 2.09. The summed E-state index contributed by atoms with van der Waals surface area (Å²) < 4.78 is 18.2. The molecule has 128 valence electrons. The lowest BCUT2D eigenvalue weighted by Gasteiger charge is -2.13. The lowest BCUT2D eigenvalue weighted by molar-refractivity contribution is 0.173. The summed E-state index contributed by atoms with van der Waals surface area (Å²) in [5.74, 6) is 0.428. The van der Waals surface area contributed by atoms with E-state index in [1.54, 1.807) is 50.4 Å². The lowest BCUT2D eigenvalue weighted by Crippen LogP contribution is -2.37. The Hall–Kier alpha value is -2.60. The van der Waals surface area contributed by atoms with Gasteiger partial charge in [-0.05, 0) is 41.8 Å². The number of aryl methyl sites for hydroxylation is 1. The zero-order chi connectivity index (χ0) is 17.5. The van der Waals surface area contributed by atoms with Crippen LogP contribution in [0.3, 0.4) is 0 Å². The summed E-state index contributed by atoms with van der Waals surface area (Å²) in [5, 5.41) is 15.3. The van der Waals surface area contributed by atoms with Crippen LogP contribution in [0.4, 0.5) is 9.18 Å². The van der Waals surface area contributed by atoms with Gasteiger partial charge in [0, 0.05) is 13.1 Å². The first-order chi connectivity index (χ1) is 11.5. The summed E-state index contributed by atoms with van der Waals surface area (Å²) in [6.45, 7) is 2.04. The van der Waals surface area contributed by atoms with Gasteiger partial charge < -0.3 is 20.5 Å². The van der Waals surface area contributed by atoms with Crippen LogP contribution in [-0.4, -0.2) is 24.8 Å². The van der Waals surface area contributed by atoms with Gasteiger partial charge in [0.2, 0.25) is 0 Å². The van der Waals surface area contributed by atoms with Crippen LogP contribution in [-0.2, 0) is 6.54 Å². The standard InChI is InChI=1S/C18H21FN2O3/c1-12-9-13(3-8-16(12)19)10-20-18(23)21-11-17(22)14-4-6-15(24-2)7-5-14/h3-9,17,22H,10-11H2,1-2H3,(H2,20,21,23). The van der Waals surface area contributed by atoms with Crippen molar-refractivity contribution in [2.24, 2.45) is 0 Å². The number of methoxy groups -OCH3 is 1. The van der Waals surface area contributed by atoms with Crippen LogP contribution < -0.4 is 15.4 Å². The summed E-state index contributed by atoms with van der Waals surface area (Å²) in [6, 6.07) is 11.2. The minimum Gasteiger partial charge on any atom is -0.497 e. The highest BCUT2D eigenvalue weighted by atomic mass is 19.1. The molecular formula is C18H21FN2O3. The maximum absolute atomic E-state index is 13.2. The zero-order valence-electron chi connectivity index (χ0n) is 13.7. The molecule has 0 aliphatic carbocycles. The van der Waals surface area contributed by atoms with Gasteiger partial charge >= 0.3 is 6.03 Å². The van der Waals surface area contributed by atoms with E-state index in [2.05, 4.69) is 10.6 Å². The van der Waals surface area contributed by atoms with Crippen LogP contribution in [0.2, 0.25) is 0 Å². The molecule has 1 atom stereocenters. The topological polar surface area (TPSA) is 70.6 Å². The normalized spacial score (nSPS) is 11.7. The average molecular weight is 332 g/mol. The Morgan fingerprint density at radius 2 is 1.92 bits per heavy atom. The number of aliphatic hydroxyl groups excluding tert-OH is 1. The number of amides is 2. The number of hydrogen-bond donors (Lipinski definition) is 3. The molecule has 2 aromatic carbocycles. The Balaban J connectivity index is 1.78. The van der Waals surface area contributed by atoms with Gasteiger partial charge in [0.25, 0.3) is 0 Å². The molecule has 0 bridgehead atoms. The third kappa shape index (κ3) is 4.96. The van der Waals surface area contributed by atoms with E-state index in [1.165, 1.54) is 6.07 Å². The predicted octanol–water partition coefficient (Wildman–Crippen LogP) is 2.68. The highest BCUT2D eigenvalue weighted by molar-refractivity contribution is 5.73. The van der Waals surface area contributed by atoms with Crippen LogP contribution in [0.5, 0.6) is 5.75 Å². The quantitative estimate of drug-likeness (QED) is 0.762. The Morgan fingerprint density at radius 1 is 1.21 bits per heavy atom. The molecule has 0 saturated heterocycles. The number of rotatable bonds is 6. The van der Waals surface area contributed by atoms with Crippen LogP contribution in [0, 0.1) is 12.7 Å². The largest absolute Gasteiger partial charge is 0.497 e. The number of hydrogen-bond acceptors (Lipinski definition) is 3. The number of halogens is 1. The van der Waals surface area contributed by atoms with Gasteiger partial charge in [-0.15, -0.1) is 0 Å². The predicted molar refractivity (Wildman–Crippen MR) is 89.3 cm³/mol. The number of carbonyl (C=O) groups is 1. The smallest absolute Gasteiger partial charge is 0.315 e. The second-order valence-corrected chi connectivity index (χ2v) is 5.44. The molecule has 5 nitrogen and oxygen atoms in total. The van der Waals surface area contributed by atoms with Crippen molar-refractivity contribution in [3.63, 3.8) is 0 Å². The van der Waals surface area contributed by atoms with Crippen molar-refractivity contribution in [1.29, 1.82) is 0 Å². The van der Waals surface area contributed by atoms with Crippen molar-refractivity contribution in [3.8, 4) is 5.75 Å². The van der Waals surface area contributed by atoms with E-state index >= 15 is 0 Å². The van der Waals surface area contributed by atoms with Gasteiger partial charge in [0.15, 0.2) is 0 Å². The van der Waals surface area contributed by atoms with Crippen LogP contribution in [0.25, 0.3) is 0 Å². The summed E-state index contributed by atoms with van der Waals surface area (Å²) in [4.78, 5) is 11.8. The zero-order valence-corrected chi connectivity index (χ0v) is 13.7. The minimum absolute atomic E-state index is 0.0839.